The average Bonchev–Trinajstić information content (AvgIpc) is 2.65. The van der Waals surface area contributed by atoms with Gasteiger partial charge >= 0.3 is 6.03 Å². The van der Waals surface area contributed by atoms with Gasteiger partial charge in [-0.15, -0.1) is 0 Å². The number of anilines is 1. The second-order valence-corrected chi connectivity index (χ2v) is 6.67. The molecule has 1 aromatic carbocycles. The normalized spacial score (nSPS) is 14.9. The largest absolute Gasteiger partial charge is 0.379 e. The van der Waals surface area contributed by atoms with Crippen LogP contribution in [0, 0.1) is 0 Å². The molecular weight excluding hydrogens is 336 g/mol. The summed E-state index contributed by atoms with van der Waals surface area (Å²) in [6.07, 6.45) is 1.73. The molecule has 0 bridgehead atoms. The number of hydrogen-bond donors (Lipinski definition) is 2. The van der Waals surface area contributed by atoms with Crippen molar-refractivity contribution in [3.8, 4) is 0 Å². The van der Waals surface area contributed by atoms with Crippen molar-refractivity contribution in [1.82, 2.24) is 15.2 Å². The number of aromatic nitrogens is 1. The Bertz CT molecular complexity index is 678. The van der Waals surface area contributed by atoms with Crippen molar-refractivity contribution < 1.29 is 9.53 Å². The minimum Gasteiger partial charge on any atom is -0.379 e. The molecule has 3 rings (SSSR count). The van der Waals surface area contributed by atoms with Gasteiger partial charge in [0.25, 0.3) is 0 Å². The lowest BCUT2D eigenvalue weighted by Gasteiger charge is -2.26. The first kappa shape index (κ1) is 17.7. The van der Waals surface area contributed by atoms with Crippen LogP contribution in [0.1, 0.15) is 0 Å². The number of urea groups is 1. The van der Waals surface area contributed by atoms with Crippen LogP contribution in [-0.4, -0.2) is 55.3 Å². The maximum atomic E-state index is 12.2. The van der Waals surface area contributed by atoms with Crippen LogP contribution in [0.15, 0.2) is 58.6 Å². The summed E-state index contributed by atoms with van der Waals surface area (Å²) in [5.41, 5.74) is 0.709. The van der Waals surface area contributed by atoms with Crippen molar-refractivity contribution in [3.63, 3.8) is 0 Å². The van der Waals surface area contributed by atoms with E-state index < -0.39 is 0 Å². The molecule has 6 nitrogen and oxygen atoms in total. The monoisotopic (exact) mass is 358 g/mol. The zero-order valence-corrected chi connectivity index (χ0v) is 14.8. The van der Waals surface area contributed by atoms with Crippen molar-refractivity contribution in [1.29, 1.82) is 0 Å². The molecule has 7 heteroatoms. The highest BCUT2D eigenvalue weighted by atomic mass is 32.2. The minimum absolute atomic E-state index is 0.212. The fourth-order valence-corrected chi connectivity index (χ4v) is 3.35. The number of pyridine rings is 1. The maximum absolute atomic E-state index is 12.2. The van der Waals surface area contributed by atoms with Crippen LogP contribution in [0.4, 0.5) is 10.5 Å². The number of carbonyl (C=O) groups is 1. The van der Waals surface area contributed by atoms with E-state index >= 15 is 0 Å². The molecule has 0 atom stereocenters. The summed E-state index contributed by atoms with van der Waals surface area (Å²) in [5.74, 6) is 0. The third-order valence-corrected chi connectivity index (χ3v) is 4.82. The molecule has 0 radical (unpaired) electrons. The predicted octanol–water partition coefficient (Wildman–Crippen LogP) is 2.69. The van der Waals surface area contributed by atoms with Gasteiger partial charge in [-0.25, -0.2) is 9.78 Å². The Morgan fingerprint density at radius 2 is 1.96 bits per heavy atom. The Kier molecular flexibility index (Phi) is 6.67. The first-order valence-corrected chi connectivity index (χ1v) is 9.16. The van der Waals surface area contributed by atoms with E-state index in [4.69, 9.17) is 4.74 Å². The zero-order chi connectivity index (χ0) is 17.3. The number of nitrogens with one attached hydrogen (secondary N) is 2. The van der Waals surface area contributed by atoms with Gasteiger partial charge in [-0.2, -0.15) is 0 Å². The van der Waals surface area contributed by atoms with E-state index in [-0.39, 0.29) is 6.03 Å². The molecule has 2 N–H and O–H groups in total. The van der Waals surface area contributed by atoms with Gasteiger partial charge in [0.1, 0.15) is 5.03 Å². The van der Waals surface area contributed by atoms with Gasteiger partial charge in [0.15, 0.2) is 0 Å². The Balaban J connectivity index is 1.50. The average molecular weight is 358 g/mol. The number of rotatable bonds is 6. The number of benzene rings is 1. The van der Waals surface area contributed by atoms with E-state index in [0.717, 1.165) is 42.8 Å². The molecule has 25 heavy (non-hydrogen) atoms. The quantitative estimate of drug-likeness (QED) is 0.831. The van der Waals surface area contributed by atoms with E-state index in [2.05, 4.69) is 20.5 Å². The summed E-state index contributed by atoms with van der Waals surface area (Å²) >= 11 is 1.53. The molecular formula is C18H22N4O2S. The predicted molar refractivity (Wildman–Crippen MR) is 99.1 cm³/mol. The highest BCUT2D eigenvalue weighted by Gasteiger charge is 2.11. The molecule has 1 aliphatic heterocycles. The lowest BCUT2D eigenvalue weighted by molar-refractivity contribution is 0.0388. The van der Waals surface area contributed by atoms with Gasteiger partial charge in [0, 0.05) is 37.3 Å². The molecule has 132 valence electrons. The third-order valence-electron chi connectivity index (χ3n) is 3.79. The van der Waals surface area contributed by atoms with Crippen LogP contribution < -0.4 is 10.6 Å². The number of nitrogens with zero attached hydrogens (tertiary/aromatic N) is 2. The summed E-state index contributed by atoms with van der Waals surface area (Å²) in [5, 5.41) is 6.57. The van der Waals surface area contributed by atoms with Gasteiger partial charge in [0.05, 0.1) is 18.9 Å². The third kappa shape index (κ3) is 5.74. The maximum Gasteiger partial charge on any atom is 0.319 e. The molecule has 1 fully saturated rings. The molecule has 0 spiro atoms. The highest BCUT2D eigenvalue weighted by Crippen LogP contribution is 2.31. The number of hydrogen-bond acceptors (Lipinski definition) is 5. The smallest absolute Gasteiger partial charge is 0.319 e. The van der Waals surface area contributed by atoms with E-state index in [1.807, 2.05) is 42.5 Å². The molecule has 1 aliphatic rings. The van der Waals surface area contributed by atoms with Crippen LogP contribution in [0.3, 0.4) is 0 Å². The molecule has 1 aromatic heterocycles. The Morgan fingerprint density at radius 3 is 2.76 bits per heavy atom. The van der Waals surface area contributed by atoms with Crippen molar-refractivity contribution >= 4 is 23.5 Å². The lowest BCUT2D eigenvalue weighted by atomic mass is 10.4. The number of amides is 2. The van der Waals surface area contributed by atoms with E-state index in [0.29, 0.717) is 12.2 Å². The Hall–Kier alpha value is -2.09. The summed E-state index contributed by atoms with van der Waals surface area (Å²) in [7, 11) is 0. The molecule has 2 amide bonds. The van der Waals surface area contributed by atoms with Gasteiger partial charge in [-0.1, -0.05) is 30.0 Å². The van der Waals surface area contributed by atoms with Gasteiger partial charge in [-0.05, 0) is 24.3 Å². The lowest BCUT2D eigenvalue weighted by Crippen LogP contribution is -2.42. The van der Waals surface area contributed by atoms with Crippen LogP contribution in [0.5, 0.6) is 0 Å². The highest BCUT2D eigenvalue weighted by molar-refractivity contribution is 7.99. The SMILES string of the molecule is O=C(NCCN1CCOCC1)Nc1cccnc1Sc1ccccc1. The summed E-state index contributed by atoms with van der Waals surface area (Å²) < 4.78 is 5.32. The zero-order valence-electron chi connectivity index (χ0n) is 14.0. The van der Waals surface area contributed by atoms with Gasteiger partial charge in [-0.3, -0.25) is 4.90 Å². The molecule has 2 aromatic rings. The van der Waals surface area contributed by atoms with E-state index in [1.54, 1.807) is 6.20 Å². The first-order chi connectivity index (χ1) is 12.3. The standard InChI is InChI=1S/C18H22N4O2S/c23-18(20-9-10-22-11-13-24-14-12-22)21-16-7-4-8-19-17(16)25-15-5-2-1-3-6-15/h1-8H,9-14H2,(H2,20,21,23). The van der Waals surface area contributed by atoms with Crippen molar-refractivity contribution in [2.75, 3.05) is 44.7 Å². The van der Waals surface area contributed by atoms with Crippen LogP contribution in [0.2, 0.25) is 0 Å². The number of ether oxygens (including phenoxy) is 1. The van der Waals surface area contributed by atoms with Crippen LogP contribution in [-0.2, 0) is 4.74 Å². The van der Waals surface area contributed by atoms with Crippen molar-refractivity contribution in [3.05, 3.63) is 48.7 Å². The molecule has 0 unspecified atom stereocenters. The second kappa shape index (κ2) is 9.41. The van der Waals surface area contributed by atoms with E-state index in [9.17, 15) is 4.79 Å². The number of morpholine rings is 1. The topological polar surface area (TPSA) is 66.5 Å². The number of carbonyl (C=O) groups excluding carboxylic acids is 1. The van der Waals surface area contributed by atoms with Crippen LogP contribution in [0.25, 0.3) is 0 Å². The fraction of sp³-hybridized carbons (Fsp3) is 0.333. The van der Waals surface area contributed by atoms with E-state index in [1.165, 1.54) is 11.8 Å². The molecule has 0 aliphatic carbocycles. The molecule has 0 saturated carbocycles. The molecule has 2 heterocycles. The Labute approximate surface area is 152 Å². The fourth-order valence-electron chi connectivity index (χ4n) is 2.49. The van der Waals surface area contributed by atoms with Gasteiger partial charge < -0.3 is 15.4 Å². The second-order valence-electron chi connectivity index (χ2n) is 5.61. The van der Waals surface area contributed by atoms with Gasteiger partial charge in [0.2, 0.25) is 0 Å². The first-order valence-electron chi connectivity index (χ1n) is 8.34. The van der Waals surface area contributed by atoms with Crippen molar-refractivity contribution in [2.24, 2.45) is 0 Å². The summed E-state index contributed by atoms with van der Waals surface area (Å²) in [6, 6.07) is 13.4. The van der Waals surface area contributed by atoms with Crippen LogP contribution >= 0.6 is 11.8 Å². The molecule has 1 saturated heterocycles. The Morgan fingerprint density at radius 1 is 1.16 bits per heavy atom. The summed E-state index contributed by atoms with van der Waals surface area (Å²) in [4.78, 5) is 19.9. The van der Waals surface area contributed by atoms with Crippen molar-refractivity contribution in [2.45, 2.75) is 9.92 Å². The summed E-state index contributed by atoms with van der Waals surface area (Å²) in [6.45, 7) is 4.81. The minimum atomic E-state index is -0.212.